The van der Waals surface area contributed by atoms with Crippen LogP contribution in [0.15, 0.2) is 70.3 Å². The molecule has 4 nitrogen and oxygen atoms in total. The van der Waals surface area contributed by atoms with Crippen LogP contribution < -0.4 is 10.6 Å². The van der Waals surface area contributed by atoms with Gasteiger partial charge in [0.05, 0.1) is 6.26 Å². The molecule has 2 N–H and O–H groups in total. The summed E-state index contributed by atoms with van der Waals surface area (Å²) in [6, 6.07) is 18.8. The van der Waals surface area contributed by atoms with Crippen molar-refractivity contribution in [3.05, 3.63) is 72.2 Å². The molecule has 0 aliphatic carbocycles. The van der Waals surface area contributed by atoms with E-state index in [0.717, 1.165) is 31.2 Å². The number of benzene rings is 2. The fourth-order valence-corrected chi connectivity index (χ4v) is 2.73. The molecule has 3 aromatic rings. The summed E-state index contributed by atoms with van der Waals surface area (Å²) in [4.78, 5) is 4.55. The van der Waals surface area contributed by atoms with Crippen molar-refractivity contribution >= 4 is 40.7 Å². The monoisotopic (exact) mass is 449 g/mol. The molecule has 0 radical (unpaired) electrons. The maximum Gasteiger partial charge on any atom is 0.191 e. The van der Waals surface area contributed by atoms with Gasteiger partial charge in [0.15, 0.2) is 5.96 Å². The highest BCUT2D eigenvalue weighted by Gasteiger charge is 2.02. The van der Waals surface area contributed by atoms with Crippen molar-refractivity contribution in [1.82, 2.24) is 10.6 Å². The maximum atomic E-state index is 5.32. The molecule has 0 bridgehead atoms. The number of hydrogen-bond donors (Lipinski definition) is 2. The maximum absolute atomic E-state index is 5.32. The van der Waals surface area contributed by atoms with E-state index < -0.39 is 0 Å². The first kappa shape index (κ1) is 19.3. The third kappa shape index (κ3) is 5.49. The van der Waals surface area contributed by atoms with Crippen molar-refractivity contribution in [3.63, 3.8) is 0 Å². The van der Waals surface area contributed by atoms with Crippen LogP contribution in [0.5, 0.6) is 0 Å². The number of aliphatic imine (C=N–C) groups is 1. The number of nitrogens with zero attached hydrogens (tertiary/aromatic N) is 1. The van der Waals surface area contributed by atoms with Crippen molar-refractivity contribution in [2.75, 3.05) is 13.1 Å². The zero-order valence-electron chi connectivity index (χ0n) is 14.4. The van der Waals surface area contributed by atoms with Gasteiger partial charge in [-0.2, -0.15) is 0 Å². The quantitative estimate of drug-likeness (QED) is 0.334. The summed E-state index contributed by atoms with van der Waals surface area (Å²) in [5.74, 6) is 1.68. The predicted octanol–water partition coefficient (Wildman–Crippen LogP) is 4.35. The van der Waals surface area contributed by atoms with Crippen LogP contribution >= 0.6 is 24.0 Å². The Bertz CT molecular complexity index is 794. The minimum absolute atomic E-state index is 0. The second-order valence-corrected chi connectivity index (χ2v) is 5.59. The third-order valence-electron chi connectivity index (χ3n) is 3.88. The molecule has 0 unspecified atom stereocenters. The lowest BCUT2D eigenvalue weighted by Gasteiger charge is -2.12. The van der Waals surface area contributed by atoms with E-state index in [4.69, 9.17) is 4.42 Å². The first-order valence-corrected chi connectivity index (χ1v) is 8.38. The molecule has 0 atom stereocenters. The highest BCUT2D eigenvalue weighted by molar-refractivity contribution is 14.0. The minimum atomic E-state index is 0. The van der Waals surface area contributed by atoms with E-state index >= 15 is 0 Å². The molecule has 25 heavy (non-hydrogen) atoms. The van der Waals surface area contributed by atoms with E-state index in [1.165, 1.54) is 16.3 Å². The Kier molecular flexibility index (Phi) is 7.78. The number of rotatable bonds is 6. The van der Waals surface area contributed by atoms with E-state index in [0.29, 0.717) is 6.54 Å². The lowest BCUT2D eigenvalue weighted by molar-refractivity contribution is 0.512. The SMILES string of the molecule is CCNC(=NCc1ccco1)NCCc1cccc2ccccc12.I. The Balaban J connectivity index is 0.00000225. The lowest BCUT2D eigenvalue weighted by atomic mass is 10.0. The van der Waals surface area contributed by atoms with E-state index in [9.17, 15) is 0 Å². The van der Waals surface area contributed by atoms with Gasteiger partial charge in [-0.3, -0.25) is 0 Å². The Hall–Kier alpha value is -2.02. The number of fused-ring (bicyclic) bond motifs is 1. The van der Waals surface area contributed by atoms with Gasteiger partial charge >= 0.3 is 0 Å². The van der Waals surface area contributed by atoms with E-state index in [-0.39, 0.29) is 24.0 Å². The average Bonchev–Trinajstić information content (AvgIpc) is 3.13. The summed E-state index contributed by atoms with van der Waals surface area (Å²) < 4.78 is 5.32. The van der Waals surface area contributed by atoms with Gasteiger partial charge in [0.1, 0.15) is 12.3 Å². The summed E-state index contributed by atoms with van der Waals surface area (Å²) in [6.07, 6.45) is 2.62. The van der Waals surface area contributed by atoms with Crippen LogP contribution in [0.2, 0.25) is 0 Å². The molecule has 1 heterocycles. The van der Waals surface area contributed by atoms with Crippen molar-refractivity contribution in [2.24, 2.45) is 4.99 Å². The van der Waals surface area contributed by atoms with Crippen molar-refractivity contribution in [1.29, 1.82) is 0 Å². The predicted molar refractivity (Wildman–Crippen MR) is 115 cm³/mol. The summed E-state index contributed by atoms with van der Waals surface area (Å²) in [7, 11) is 0. The molecular formula is C20H24IN3O. The molecular weight excluding hydrogens is 425 g/mol. The molecule has 0 fully saturated rings. The molecule has 0 aliphatic heterocycles. The number of guanidine groups is 1. The topological polar surface area (TPSA) is 49.6 Å². The van der Waals surface area contributed by atoms with E-state index in [1.54, 1.807) is 6.26 Å². The molecule has 1 aromatic heterocycles. The zero-order valence-corrected chi connectivity index (χ0v) is 16.7. The standard InChI is InChI=1S/C20H23N3O.HI/c1-2-21-20(23-15-18-10-6-14-24-18)22-13-12-17-9-5-8-16-7-3-4-11-19(16)17;/h3-11,14H,2,12-13,15H2,1H3,(H2,21,22,23);1H. The van der Waals surface area contributed by atoms with Gasteiger partial charge in [-0.15, -0.1) is 24.0 Å². The van der Waals surface area contributed by atoms with Crippen LogP contribution in [0.1, 0.15) is 18.2 Å². The normalized spacial score (nSPS) is 11.2. The fourth-order valence-electron chi connectivity index (χ4n) is 2.73. The fraction of sp³-hybridized carbons (Fsp3) is 0.250. The van der Waals surface area contributed by atoms with Crippen LogP contribution in [0.25, 0.3) is 10.8 Å². The Morgan fingerprint density at radius 2 is 1.84 bits per heavy atom. The highest BCUT2D eigenvalue weighted by atomic mass is 127. The van der Waals surface area contributed by atoms with Crippen LogP contribution in [0, 0.1) is 0 Å². The average molecular weight is 449 g/mol. The number of nitrogens with one attached hydrogen (secondary N) is 2. The molecule has 0 aliphatic rings. The Morgan fingerprint density at radius 3 is 2.64 bits per heavy atom. The van der Waals surface area contributed by atoms with Crippen molar-refractivity contribution in [2.45, 2.75) is 19.9 Å². The van der Waals surface area contributed by atoms with Gasteiger partial charge in [-0.25, -0.2) is 4.99 Å². The van der Waals surface area contributed by atoms with Gasteiger partial charge in [-0.1, -0.05) is 42.5 Å². The van der Waals surface area contributed by atoms with E-state index in [1.807, 2.05) is 12.1 Å². The van der Waals surface area contributed by atoms with E-state index in [2.05, 4.69) is 65.0 Å². The second kappa shape index (κ2) is 10.1. The number of halogens is 1. The summed E-state index contributed by atoms with van der Waals surface area (Å²) in [5.41, 5.74) is 1.35. The van der Waals surface area contributed by atoms with Crippen LogP contribution in [0.3, 0.4) is 0 Å². The second-order valence-electron chi connectivity index (χ2n) is 5.59. The first-order chi connectivity index (χ1) is 11.9. The molecule has 5 heteroatoms. The van der Waals surface area contributed by atoms with Gasteiger partial charge in [0.2, 0.25) is 0 Å². The Morgan fingerprint density at radius 1 is 1.00 bits per heavy atom. The molecule has 3 rings (SSSR count). The molecule has 0 amide bonds. The van der Waals surface area contributed by atoms with Crippen molar-refractivity contribution < 1.29 is 4.42 Å². The summed E-state index contributed by atoms with van der Waals surface area (Å²) >= 11 is 0. The molecule has 132 valence electrons. The lowest BCUT2D eigenvalue weighted by Crippen LogP contribution is -2.38. The smallest absolute Gasteiger partial charge is 0.191 e. The van der Waals surface area contributed by atoms with Gasteiger partial charge in [0, 0.05) is 13.1 Å². The highest BCUT2D eigenvalue weighted by Crippen LogP contribution is 2.18. The minimum Gasteiger partial charge on any atom is -0.467 e. The van der Waals surface area contributed by atoms with Crippen LogP contribution in [-0.4, -0.2) is 19.0 Å². The number of furan rings is 1. The van der Waals surface area contributed by atoms with Gasteiger partial charge in [-0.05, 0) is 41.8 Å². The summed E-state index contributed by atoms with van der Waals surface area (Å²) in [5, 5.41) is 9.26. The zero-order chi connectivity index (χ0) is 16.6. The van der Waals surface area contributed by atoms with Crippen molar-refractivity contribution in [3.8, 4) is 0 Å². The van der Waals surface area contributed by atoms with Gasteiger partial charge < -0.3 is 15.1 Å². The van der Waals surface area contributed by atoms with Crippen LogP contribution in [-0.2, 0) is 13.0 Å². The molecule has 0 spiro atoms. The van der Waals surface area contributed by atoms with Gasteiger partial charge in [0.25, 0.3) is 0 Å². The molecule has 0 saturated heterocycles. The molecule has 2 aromatic carbocycles. The largest absolute Gasteiger partial charge is 0.467 e. The third-order valence-corrected chi connectivity index (χ3v) is 3.88. The summed E-state index contributed by atoms with van der Waals surface area (Å²) in [6.45, 7) is 4.27. The Labute approximate surface area is 165 Å². The van der Waals surface area contributed by atoms with Crippen LogP contribution in [0.4, 0.5) is 0 Å². The number of hydrogen-bond acceptors (Lipinski definition) is 2. The first-order valence-electron chi connectivity index (χ1n) is 8.38. The molecule has 0 saturated carbocycles.